The van der Waals surface area contributed by atoms with Crippen molar-refractivity contribution < 1.29 is 44.1 Å². The molecule has 5 aliphatic heterocycles. The van der Waals surface area contributed by atoms with Gasteiger partial charge in [0.2, 0.25) is 0 Å². The summed E-state index contributed by atoms with van der Waals surface area (Å²) in [6.07, 6.45) is 6.70. The number of piperazine rings is 4. The maximum Gasteiger partial charge on any atom is 0.437 e. The highest BCUT2D eigenvalue weighted by atomic mass is 19.4. The smallest absolute Gasteiger partial charge is 0.437 e. The molecule has 7 aromatic carbocycles. The van der Waals surface area contributed by atoms with Gasteiger partial charge in [0, 0.05) is 254 Å². The molecule has 0 radical (unpaired) electrons. The van der Waals surface area contributed by atoms with E-state index in [0.29, 0.717) is 121 Å². The zero-order valence-corrected chi connectivity index (χ0v) is 85.4. The van der Waals surface area contributed by atoms with Gasteiger partial charge in [-0.2, -0.15) is 13.2 Å². The lowest BCUT2D eigenvalue weighted by Gasteiger charge is -2.43. The summed E-state index contributed by atoms with van der Waals surface area (Å²) < 4.78 is 85.3. The number of furan rings is 2. The minimum absolute atomic E-state index is 0.0960. The van der Waals surface area contributed by atoms with Crippen LogP contribution in [0.3, 0.4) is 0 Å². The number of benzene rings is 7. The average molecular weight is 2010 g/mol. The molecule has 0 bridgehead atoms. The maximum atomic E-state index is 13.4. The predicted octanol–water partition coefficient (Wildman–Crippen LogP) is 19.3. The van der Waals surface area contributed by atoms with E-state index < -0.39 is 17.5 Å². The fourth-order valence-corrected chi connectivity index (χ4v) is 21.0. The Bertz CT molecular complexity index is 8560. The van der Waals surface area contributed by atoms with Crippen molar-refractivity contribution in [2.24, 2.45) is 0 Å². The molecule has 25 rings (SSSR count). The highest BCUT2D eigenvalue weighted by Crippen LogP contribution is 2.39. The van der Waals surface area contributed by atoms with Crippen molar-refractivity contribution >= 4 is 122 Å². The minimum Gasteiger partial charge on any atom is -0.456 e. The number of hydrogen-bond acceptors (Lipinski definition) is 28. The molecule has 18 heterocycles. The molecule has 13 aromatic heterocycles. The van der Waals surface area contributed by atoms with E-state index in [-0.39, 0.29) is 45.1 Å². The van der Waals surface area contributed by atoms with E-state index in [1.165, 1.54) is 23.7 Å². The number of hydrogen-bond donors (Lipinski definition) is 3. The Balaban J connectivity index is 0.000000109. The molecule has 0 amide bonds. The third-order valence-corrected chi connectivity index (χ3v) is 28.7. The molecular weight excluding hydrogens is 1900 g/mol. The van der Waals surface area contributed by atoms with Crippen molar-refractivity contribution in [3.8, 4) is 56.4 Å². The van der Waals surface area contributed by atoms with Crippen molar-refractivity contribution in [2.75, 3.05) is 124 Å². The molecule has 5 fully saturated rings. The van der Waals surface area contributed by atoms with Crippen molar-refractivity contribution in [2.45, 2.75) is 138 Å². The van der Waals surface area contributed by atoms with Crippen LogP contribution in [0.25, 0.3) is 150 Å². The summed E-state index contributed by atoms with van der Waals surface area (Å²) in [6.45, 7) is 36.8. The van der Waals surface area contributed by atoms with Gasteiger partial charge in [-0.05, 0) is 225 Å². The number of alkyl halides is 3. The summed E-state index contributed by atoms with van der Waals surface area (Å²) in [5, 5.41) is 16.6. The van der Waals surface area contributed by atoms with E-state index >= 15 is 0 Å². The van der Waals surface area contributed by atoms with Crippen LogP contribution in [-0.4, -0.2) is 194 Å². The second-order valence-electron chi connectivity index (χ2n) is 40.3. The second-order valence-corrected chi connectivity index (χ2v) is 40.3. The van der Waals surface area contributed by atoms with Gasteiger partial charge in [0.25, 0.3) is 0 Å². The van der Waals surface area contributed by atoms with Crippen LogP contribution in [-0.2, 0) is 6.18 Å². The number of fused-ring (bicyclic) bond motifs is 10. The molecule has 764 valence electrons. The van der Waals surface area contributed by atoms with E-state index in [2.05, 4.69) is 167 Å². The molecule has 7 atom stereocenters. The van der Waals surface area contributed by atoms with E-state index in [9.17, 15) is 37.1 Å². The number of imidazole rings is 3. The van der Waals surface area contributed by atoms with Crippen molar-refractivity contribution in [3.63, 3.8) is 0 Å². The van der Waals surface area contributed by atoms with E-state index in [4.69, 9.17) is 30.9 Å². The first kappa shape index (κ1) is 99.1. The lowest BCUT2D eigenvalue weighted by atomic mass is 10.1. The lowest BCUT2D eigenvalue weighted by Crippen LogP contribution is -2.55. The van der Waals surface area contributed by atoms with Crippen LogP contribution in [0.1, 0.15) is 89.1 Å². The van der Waals surface area contributed by atoms with Gasteiger partial charge in [-0.25, -0.2) is 43.9 Å². The Labute approximate surface area is 853 Å². The number of anilines is 5. The molecule has 5 saturated heterocycles. The first-order valence-corrected chi connectivity index (χ1v) is 50.5. The molecule has 20 aromatic rings. The van der Waals surface area contributed by atoms with Crippen molar-refractivity contribution in [1.29, 1.82) is 0 Å². The Morgan fingerprint density at radius 3 is 1.04 bits per heavy atom. The van der Waals surface area contributed by atoms with Gasteiger partial charge in [0.1, 0.15) is 61.7 Å². The standard InChI is InChI=1S/C24H27N5O2.C23H25N5O2.2C23H22N2O3.C22H20F3N5O2/c1-14-10-29-13-21(26-23(29)17(4)25-14)20-8-18-6-7-19(9-22(18)31-24(20)30)28-11-15(2)27(5)16(3)12-28;1-14-11-28-13-20(25-22(28)16(3)24-14)19-9-17-5-6-18(10-21(17)30-23(19)29)27-8-7-26(4)15(2)12-27;2*1-14-12-25(13-15(2)24-14)18-8-7-17-9-19(23(26)28-21(17)11-18)22-10-16-5-3-4-6-20(16)27-22;1-13-11-30-12-17(28-20(30)19(27-13)22(23,24)25)16-9-14-3-4-15(10-18(14)32-21(16)31)29-7-2-5-26-6-8-29/h6-10,13,15-16H,11-12H2,1-5H3;5-6,9-11,13,15H,7-8,12H2,1-4H3;2*3-11,14-15,24H,12-13H2,1-2H3;3-4,9-12,26H,2,5-8H2,1H3/t15-,16+;15-;2*14-,15+;/m.1.../s1. The normalized spacial score (nSPS) is 18.7. The van der Waals surface area contributed by atoms with Crippen LogP contribution in [0.15, 0.2) is 274 Å². The third-order valence-electron chi connectivity index (χ3n) is 28.7. The Kier molecular flexibility index (Phi) is 27.1. The second kappa shape index (κ2) is 40.7. The highest BCUT2D eigenvalue weighted by Gasteiger charge is 2.38. The van der Waals surface area contributed by atoms with Crippen LogP contribution in [0.5, 0.6) is 0 Å². The number of aromatic nitrogens is 9. The quantitative estimate of drug-likeness (QED) is 0.107. The number of para-hydroxylation sites is 2. The number of nitrogens with one attached hydrogen (secondary N) is 3. The maximum absolute atomic E-state index is 13.4. The van der Waals surface area contributed by atoms with Gasteiger partial charge in [-0.15, -0.1) is 0 Å². The average Bonchev–Trinajstić information content (AvgIpc) is 1.61. The number of likely N-dealkylation sites (N-methyl/N-ethyl adjacent to an activating group) is 2. The molecule has 0 spiro atoms. The van der Waals surface area contributed by atoms with Crippen LogP contribution >= 0.6 is 0 Å². The molecule has 5 aliphatic rings. The summed E-state index contributed by atoms with van der Waals surface area (Å²) in [4.78, 5) is 106. The number of rotatable bonds is 10. The molecule has 149 heavy (non-hydrogen) atoms. The Morgan fingerprint density at radius 2 is 0.651 bits per heavy atom. The number of aryl methyl sites for hydroxylation is 5. The summed E-state index contributed by atoms with van der Waals surface area (Å²) in [5.41, 5.74) is 14.3. The van der Waals surface area contributed by atoms with Gasteiger partial charge >= 0.3 is 34.3 Å². The zero-order valence-electron chi connectivity index (χ0n) is 85.4. The molecule has 34 heteroatoms. The molecule has 3 N–H and O–H groups in total. The fraction of sp³-hybridized carbons (Fsp3) is 0.313. The van der Waals surface area contributed by atoms with Crippen molar-refractivity contribution in [3.05, 3.63) is 305 Å². The van der Waals surface area contributed by atoms with Gasteiger partial charge < -0.3 is 89.5 Å². The first-order chi connectivity index (χ1) is 71.6. The molecule has 31 nitrogen and oxygen atoms in total. The van der Waals surface area contributed by atoms with E-state index in [0.717, 1.165) is 197 Å². The fourth-order valence-electron chi connectivity index (χ4n) is 21.0. The zero-order chi connectivity index (χ0) is 104. The van der Waals surface area contributed by atoms with Crippen LogP contribution < -0.4 is 68.6 Å². The largest absolute Gasteiger partial charge is 0.456 e. The molecule has 0 unspecified atom stereocenters. The summed E-state index contributed by atoms with van der Waals surface area (Å²) in [7, 11) is 4.33. The summed E-state index contributed by atoms with van der Waals surface area (Å²) in [5.74, 6) is 1.07. The number of nitrogens with zero attached hydrogens (tertiary/aromatic N) is 16. The molecule has 0 aliphatic carbocycles. The first-order valence-electron chi connectivity index (χ1n) is 50.5. The highest BCUT2D eigenvalue weighted by molar-refractivity contribution is 5.92. The minimum atomic E-state index is -4.66. The summed E-state index contributed by atoms with van der Waals surface area (Å²) >= 11 is 0. The van der Waals surface area contributed by atoms with Gasteiger partial charge in [0.05, 0.1) is 62.2 Å². The summed E-state index contributed by atoms with van der Waals surface area (Å²) in [6, 6.07) is 61.3. The van der Waals surface area contributed by atoms with Crippen molar-refractivity contribution in [1.82, 2.24) is 68.9 Å². The van der Waals surface area contributed by atoms with Gasteiger partial charge in [-0.3, -0.25) is 14.9 Å². The van der Waals surface area contributed by atoms with Crippen LogP contribution in [0, 0.1) is 34.6 Å². The third kappa shape index (κ3) is 20.9. The van der Waals surface area contributed by atoms with Gasteiger partial charge in [-0.1, -0.05) is 36.4 Å². The van der Waals surface area contributed by atoms with Crippen LogP contribution in [0.4, 0.5) is 41.6 Å². The SMILES string of the molecule is C[C@@H]1CN(c2ccc3cc(-c4cc5ccccc5o4)c(=O)oc3c2)C[C@H](C)N1.C[C@@H]1CN(c2ccc3cc(-c4cc5ccccc5o4)c(=O)oc3c2)C[C@H](C)N1.Cc1cn2cc(-c3cc4ccc(N5CCCNCC5)cc4oc3=O)nc2c(C(F)(F)F)n1.Cc1cn2cc(-c3cc4ccc(N5CCN(C)[C@H](C)C5)cc4oc3=O)nc2c(C)n1.Cc1cn2cc(-c3cc4ccc(N5C[C@@H](C)N(C)[C@@H](C)C5)cc4oc3=O)nc2c(C)n1. The number of halogens is 3. The van der Waals surface area contributed by atoms with Gasteiger partial charge in [0.15, 0.2) is 22.6 Å². The van der Waals surface area contributed by atoms with E-state index in [1.807, 2.05) is 213 Å². The van der Waals surface area contributed by atoms with E-state index in [1.54, 1.807) is 6.07 Å². The van der Waals surface area contributed by atoms with Crippen LogP contribution in [0.2, 0.25) is 0 Å². The lowest BCUT2D eigenvalue weighted by molar-refractivity contribution is -0.140. The molecule has 0 saturated carbocycles. The predicted molar refractivity (Wildman–Crippen MR) is 579 cm³/mol. The topological polar surface area (TPSA) is 327 Å². The Hall–Kier alpha value is -15.9. The molecular formula is C115H116F3N19O12. The Morgan fingerprint density at radius 1 is 0.315 bits per heavy atom. The monoisotopic (exact) mass is 2010 g/mol.